The number of aromatic nitrogens is 2. The maximum Gasteiger partial charge on any atom is 0.257 e. The fourth-order valence-corrected chi connectivity index (χ4v) is 4.98. The van der Waals surface area contributed by atoms with E-state index < -0.39 is 0 Å². The largest absolute Gasteiger partial charge is 0.385 e. The summed E-state index contributed by atoms with van der Waals surface area (Å²) in [5.74, 6) is 0.932. The Hall–Kier alpha value is -3.06. The molecule has 0 bridgehead atoms. The normalized spacial score (nSPS) is 18.8. The first-order valence-electron chi connectivity index (χ1n) is 11.5. The van der Waals surface area contributed by atoms with Gasteiger partial charge in [-0.1, -0.05) is 35.5 Å². The van der Waals surface area contributed by atoms with Crippen LogP contribution in [0, 0.1) is 5.82 Å². The van der Waals surface area contributed by atoms with Gasteiger partial charge < -0.3 is 14.2 Å². The highest BCUT2D eigenvalue weighted by atomic mass is 19.1. The van der Waals surface area contributed by atoms with Gasteiger partial charge in [0.1, 0.15) is 5.82 Å². The highest BCUT2D eigenvalue weighted by molar-refractivity contribution is 5.91. The van der Waals surface area contributed by atoms with Crippen LogP contribution in [0.15, 0.2) is 59.1 Å². The lowest BCUT2D eigenvalue weighted by atomic mass is 9.74. The molecule has 2 fully saturated rings. The van der Waals surface area contributed by atoms with Crippen molar-refractivity contribution in [3.05, 3.63) is 71.8 Å². The second kappa shape index (κ2) is 8.71. The number of hydrogen-bond acceptors (Lipinski definition) is 5. The summed E-state index contributed by atoms with van der Waals surface area (Å²) >= 11 is 0. The number of piperidine rings is 1. The van der Waals surface area contributed by atoms with E-state index in [0.29, 0.717) is 37.0 Å². The number of amides is 1. The van der Waals surface area contributed by atoms with E-state index in [1.165, 1.54) is 12.1 Å². The third kappa shape index (κ3) is 4.06. The van der Waals surface area contributed by atoms with Crippen molar-refractivity contribution in [3.8, 4) is 11.5 Å². The Bertz CT molecular complexity index is 1100. The van der Waals surface area contributed by atoms with Crippen LogP contribution in [0.4, 0.5) is 4.39 Å². The summed E-state index contributed by atoms with van der Waals surface area (Å²) in [6.45, 7) is 1.87. The average molecular weight is 450 g/mol. The van der Waals surface area contributed by atoms with E-state index >= 15 is 0 Å². The minimum absolute atomic E-state index is 0.231. The number of nitrogens with zero attached hydrogens (tertiary/aromatic N) is 3. The molecule has 2 aromatic carbocycles. The fraction of sp³-hybridized carbons (Fsp3) is 0.423. The molecule has 33 heavy (non-hydrogen) atoms. The summed E-state index contributed by atoms with van der Waals surface area (Å²) in [6, 6.07) is 16.1. The Morgan fingerprint density at radius 3 is 2.39 bits per heavy atom. The van der Waals surface area contributed by atoms with Gasteiger partial charge in [0.15, 0.2) is 5.82 Å². The molecular formula is C26H28FN3O3. The van der Waals surface area contributed by atoms with Crippen molar-refractivity contribution in [1.82, 2.24) is 15.0 Å². The lowest BCUT2D eigenvalue weighted by Crippen LogP contribution is -2.49. The van der Waals surface area contributed by atoms with Gasteiger partial charge in [-0.3, -0.25) is 4.79 Å². The summed E-state index contributed by atoms with van der Waals surface area (Å²) in [5, 5.41) is 4.30. The number of halogens is 1. The Morgan fingerprint density at radius 1 is 1.06 bits per heavy atom. The van der Waals surface area contributed by atoms with Crippen LogP contribution in [0.2, 0.25) is 0 Å². The van der Waals surface area contributed by atoms with Crippen molar-refractivity contribution in [2.24, 2.45) is 0 Å². The minimum Gasteiger partial charge on any atom is -0.385 e. The smallest absolute Gasteiger partial charge is 0.257 e. The molecule has 1 aliphatic heterocycles. The molecule has 2 heterocycles. The fourth-order valence-electron chi connectivity index (χ4n) is 4.98. The lowest BCUT2D eigenvalue weighted by Gasteiger charge is -2.41. The standard InChI is InChI=1S/C26H28FN3O3/c1-32-18-15-25(23-28-22(33-29-23)19-7-9-21(27)10-8-19)13-16-30(17-14-25)24(31)26(11-12-26)20-5-3-2-4-6-20/h2-10H,11-18H2,1H3. The van der Waals surface area contributed by atoms with Gasteiger partial charge >= 0.3 is 0 Å². The summed E-state index contributed by atoms with van der Waals surface area (Å²) in [7, 11) is 1.68. The summed E-state index contributed by atoms with van der Waals surface area (Å²) in [4.78, 5) is 20.2. The number of hydrogen-bond donors (Lipinski definition) is 0. The lowest BCUT2D eigenvalue weighted by molar-refractivity contribution is -0.135. The van der Waals surface area contributed by atoms with Gasteiger partial charge in [0, 0.05) is 37.8 Å². The van der Waals surface area contributed by atoms with Crippen LogP contribution in [0.1, 0.15) is 43.5 Å². The van der Waals surface area contributed by atoms with Gasteiger partial charge in [-0.2, -0.15) is 4.98 Å². The predicted octanol–water partition coefficient (Wildman–Crippen LogP) is 4.50. The quantitative estimate of drug-likeness (QED) is 0.531. The van der Waals surface area contributed by atoms with Crippen LogP contribution >= 0.6 is 0 Å². The molecule has 1 aliphatic carbocycles. The number of ether oxygens (including phenoxy) is 1. The molecule has 0 spiro atoms. The molecule has 6 nitrogen and oxygen atoms in total. The van der Waals surface area contributed by atoms with Crippen LogP contribution < -0.4 is 0 Å². The second-order valence-corrected chi connectivity index (χ2v) is 9.19. The summed E-state index contributed by atoms with van der Waals surface area (Å²) < 4.78 is 24.2. The number of benzene rings is 2. The average Bonchev–Trinajstić information content (AvgIpc) is 3.53. The molecule has 3 aromatic rings. The van der Waals surface area contributed by atoms with Crippen molar-refractivity contribution in [2.45, 2.75) is 42.9 Å². The van der Waals surface area contributed by atoms with Crippen molar-refractivity contribution in [2.75, 3.05) is 26.8 Å². The number of rotatable bonds is 7. The molecule has 0 radical (unpaired) electrons. The third-order valence-electron chi connectivity index (χ3n) is 7.27. The highest BCUT2D eigenvalue weighted by Gasteiger charge is 2.54. The van der Waals surface area contributed by atoms with E-state index in [9.17, 15) is 9.18 Å². The van der Waals surface area contributed by atoms with Crippen LogP contribution in [0.25, 0.3) is 11.5 Å². The topological polar surface area (TPSA) is 68.5 Å². The molecule has 5 rings (SSSR count). The Morgan fingerprint density at radius 2 is 1.76 bits per heavy atom. The summed E-state index contributed by atoms with van der Waals surface area (Å²) in [5.41, 5.74) is 1.13. The SMILES string of the molecule is COCCC1(c2noc(-c3ccc(F)cc3)n2)CCN(C(=O)C2(c3ccccc3)CC2)CC1. The van der Waals surface area contributed by atoms with E-state index in [1.54, 1.807) is 19.2 Å². The van der Waals surface area contributed by atoms with Crippen molar-refractivity contribution >= 4 is 5.91 Å². The zero-order valence-corrected chi connectivity index (χ0v) is 18.8. The van der Waals surface area contributed by atoms with Crippen molar-refractivity contribution in [1.29, 1.82) is 0 Å². The third-order valence-corrected chi connectivity index (χ3v) is 7.27. The van der Waals surface area contributed by atoms with Gasteiger partial charge in [0.2, 0.25) is 5.91 Å². The number of likely N-dealkylation sites (tertiary alicyclic amines) is 1. The molecule has 172 valence electrons. The molecule has 2 aliphatic rings. The molecule has 1 amide bonds. The number of carbonyl (C=O) groups excluding carboxylic acids is 1. The van der Waals surface area contributed by atoms with E-state index in [-0.39, 0.29) is 22.6 Å². The number of methoxy groups -OCH3 is 1. The van der Waals surface area contributed by atoms with Gasteiger partial charge in [-0.15, -0.1) is 0 Å². The first-order valence-corrected chi connectivity index (χ1v) is 11.5. The van der Waals surface area contributed by atoms with Crippen LogP contribution in [-0.4, -0.2) is 47.8 Å². The Balaban J connectivity index is 1.34. The van der Waals surface area contributed by atoms with E-state index in [0.717, 1.165) is 37.7 Å². The minimum atomic E-state index is -0.352. The van der Waals surface area contributed by atoms with Crippen LogP contribution in [0.5, 0.6) is 0 Å². The second-order valence-electron chi connectivity index (χ2n) is 9.19. The van der Waals surface area contributed by atoms with E-state index in [2.05, 4.69) is 22.3 Å². The predicted molar refractivity (Wildman–Crippen MR) is 121 cm³/mol. The van der Waals surface area contributed by atoms with E-state index in [1.807, 2.05) is 23.1 Å². The molecule has 1 saturated carbocycles. The first-order chi connectivity index (χ1) is 16.1. The van der Waals surface area contributed by atoms with Crippen molar-refractivity contribution in [3.63, 3.8) is 0 Å². The molecule has 0 N–H and O–H groups in total. The maximum absolute atomic E-state index is 13.5. The molecule has 7 heteroatoms. The van der Waals surface area contributed by atoms with Gasteiger partial charge in [-0.25, -0.2) is 4.39 Å². The molecule has 1 saturated heterocycles. The Kier molecular flexibility index (Phi) is 5.74. The Labute approximate surface area is 192 Å². The van der Waals surface area contributed by atoms with E-state index in [4.69, 9.17) is 9.26 Å². The van der Waals surface area contributed by atoms with Crippen LogP contribution in [-0.2, 0) is 20.4 Å². The highest BCUT2D eigenvalue weighted by Crippen LogP contribution is 2.50. The summed E-state index contributed by atoms with van der Waals surface area (Å²) in [6.07, 6.45) is 4.06. The zero-order chi connectivity index (χ0) is 22.9. The molecule has 0 unspecified atom stereocenters. The monoisotopic (exact) mass is 449 g/mol. The molecular weight excluding hydrogens is 421 g/mol. The first kappa shape index (κ1) is 21.8. The molecule has 1 aromatic heterocycles. The molecule has 0 atom stereocenters. The van der Waals surface area contributed by atoms with Crippen molar-refractivity contribution < 1.29 is 18.4 Å². The van der Waals surface area contributed by atoms with Crippen LogP contribution in [0.3, 0.4) is 0 Å². The van der Waals surface area contributed by atoms with Gasteiger partial charge in [0.25, 0.3) is 5.89 Å². The van der Waals surface area contributed by atoms with Gasteiger partial charge in [-0.05, 0) is 61.9 Å². The number of carbonyl (C=O) groups is 1. The zero-order valence-electron chi connectivity index (χ0n) is 18.8. The van der Waals surface area contributed by atoms with Gasteiger partial charge in [0.05, 0.1) is 5.41 Å². The maximum atomic E-state index is 13.5.